The quantitative estimate of drug-likeness (QED) is 0.425. The first-order valence-electron chi connectivity index (χ1n) is 15.5. The highest BCUT2D eigenvalue weighted by Gasteiger charge is 2.46. The number of nitrogens with one attached hydrogen (secondary N) is 2. The number of aromatic amines is 1. The number of pyridine rings is 1. The molecule has 7 rings (SSSR count). The van der Waals surface area contributed by atoms with Crippen molar-refractivity contribution >= 4 is 34.2 Å². The molecular weight excluding hydrogens is 558 g/mol. The van der Waals surface area contributed by atoms with Gasteiger partial charge in [-0.3, -0.25) is 29.5 Å². The number of ether oxygens (including phenoxy) is 1. The highest BCUT2D eigenvalue weighted by atomic mass is 16.5. The SMILES string of the molecule is O=C(CN1CCC(CN2CCOCC2)(C(=O)Nc2ccc3[nH]nc(-c4ccncc4)c3c2)C1)N1CCN(C2=NC=CC2)CC1. The van der Waals surface area contributed by atoms with E-state index in [9.17, 15) is 9.59 Å². The summed E-state index contributed by atoms with van der Waals surface area (Å²) in [7, 11) is 0. The first-order valence-corrected chi connectivity index (χ1v) is 15.5. The van der Waals surface area contributed by atoms with Gasteiger partial charge in [-0.15, -0.1) is 0 Å². The van der Waals surface area contributed by atoms with Crippen molar-refractivity contribution in [2.24, 2.45) is 10.4 Å². The number of hydrogen-bond acceptors (Lipinski definition) is 9. The van der Waals surface area contributed by atoms with E-state index >= 15 is 0 Å². The lowest BCUT2D eigenvalue weighted by atomic mass is 9.85. The maximum Gasteiger partial charge on any atom is 0.236 e. The number of anilines is 1. The van der Waals surface area contributed by atoms with Crippen LogP contribution in [-0.2, 0) is 14.3 Å². The van der Waals surface area contributed by atoms with Crippen molar-refractivity contribution in [1.29, 1.82) is 0 Å². The van der Waals surface area contributed by atoms with Crippen molar-refractivity contribution in [3.8, 4) is 11.3 Å². The zero-order chi connectivity index (χ0) is 29.9. The molecule has 3 fully saturated rings. The number of aliphatic imine (C=N–C) groups is 1. The molecule has 4 aliphatic heterocycles. The molecule has 230 valence electrons. The fourth-order valence-corrected chi connectivity index (χ4v) is 6.82. The lowest BCUT2D eigenvalue weighted by molar-refractivity contribution is -0.134. The summed E-state index contributed by atoms with van der Waals surface area (Å²) in [5, 5.41) is 11.8. The first-order chi connectivity index (χ1) is 21.6. The number of carbonyl (C=O) groups excluding carboxylic acids is 2. The Hall–Kier alpha value is -4.13. The van der Waals surface area contributed by atoms with Crippen LogP contribution in [0.15, 0.2) is 60.0 Å². The molecule has 0 bridgehead atoms. The minimum atomic E-state index is -0.636. The number of aromatic nitrogens is 3. The summed E-state index contributed by atoms with van der Waals surface area (Å²) in [5.74, 6) is 1.22. The number of benzene rings is 1. The van der Waals surface area contributed by atoms with Crippen LogP contribution in [-0.4, -0.2) is 131 Å². The molecule has 1 unspecified atom stereocenters. The zero-order valence-corrected chi connectivity index (χ0v) is 25.0. The van der Waals surface area contributed by atoms with Crippen LogP contribution < -0.4 is 5.32 Å². The molecule has 0 aliphatic carbocycles. The van der Waals surface area contributed by atoms with Crippen molar-refractivity contribution in [2.45, 2.75) is 12.8 Å². The summed E-state index contributed by atoms with van der Waals surface area (Å²) in [6.07, 6.45) is 8.98. The average molecular weight is 598 g/mol. The monoisotopic (exact) mass is 597 g/mol. The molecule has 0 saturated carbocycles. The molecule has 2 amide bonds. The van der Waals surface area contributed by atoms with Crippen LogP contribution >= 0.6 is 0 Å². The van der Waals surface area contributed by atoms with Crippen LogP contribution in [0.4, 0.5) is 5.69 Å². The number of hydrogen-bond donors (Lipinski definition) is 2. The second-order valence-corrected chi connectivity index (χ2v) is 12.2. The lowest BCUT2D eigenvalue weighted by Gasteiger charge is -2.37. The Morgan fingerprint density at radius 1 is 0.977 bits per heavy atom. The molecular formula is C32H39N9O3. The Bertz CT molecular complexity index is 1560. The van der Waals surface area contributed by atoms with Crippen LogP contribution in [0.25, 0.3) is 22.2 Å². The van der Waals surface area contributed by atoms with Crippen molar-refractivity contribution < 1.29 is 14.3 Å². The van der Waals surface area contributed by atoms with Gasteiger partial charge in [-0.2, -0.15) is 5.10 Å². The number of carbonyl (C=O) groups is 2. The number of H-pyrrole nitrogens is 1. The van der Waals surface area contributed by atoms with Crippen LogP contribution in [0.1, 0.15) is 12.8 Å². The predicted molar refractivity (Wildman–Crippen MR) is 168 cm³/mol. The van der Waals surface area contributed by atoms with E-state index in [1.807, 2.05) is 41.4 Å². The topological polar surface area (TPSA) is 122 Å². The predicted octanol–water partition coefficient (Wildman–Crippen LogP) is 2.05. The molecule has 3 saturated heterocycles. The van der Waals surface area contributed by atoms with Gasteiger partial charge in [-0.1, -0.05) is 6.08 Å². The number of fused-ring (bicyclic) bond motifs is 1. The molecule has 12 nitrogen and oxygen atoms in total. The lowest BCUT2D eigenvalue weighted by Crippen LogP contribution is -2.53. The van der Waals surface area contributed by atoms with Crippen molar-refractivity contribution in [1.82, 2.24) is 34.8 Å². The van der Waals surface area contributed by atoms with E-state index in [-0.39, 0.29) is 11.8 Å². The average Bonchev–Trinajstić information content (AvgIpc) is 3.83. The maximum atomic E-state index is 14.2. The van der Waals surface area contributed by atoms with Gasteiger partial charge in [0.05, 0.1) is 30.7 Å². The summed E-state index contributed by atoms with van der Waals surface area (Å²) in [5.41, 5.74) is 2.77. The molecule has 12 heteroatoms. The van der Waals surface area contributed by atoms with Gasteiger partial charge >= 0.3 is 0 Å². The molecule has 3 aromatic rings. The van der Waals surface area contributed by atoms with E-state index in [4.69, 9.17) is 4.74 Å². The first kappa shape index (κ1) is 28.6. The molecule has 2 aromatic heterocycles. The number of likely N-dealkylation sites (tertiary alicyclic amines) is 1. The number of rotatable bonds is 7. The third-order valence-electron chi connectivity index (χ3n) is 9.30. The fraction of sp³-hybridized carbons (Fsp3) is 0.469. The third kappa shape index (κ3) is 5.97. The minimum absolute atomic E-state index is 0.00758. The van der Waals surface area contributed by atoms with E-state index in [0.29, 0.717) is 58.9 Å². The summed E-state index contributed by atoms with van der Waals surface area (Å²) < 4.78 is 5.59. The van der Waals surface area contributed by atoms with E-state index in [1.165, 1.54) is 0 Å². The number of amides is 2. The maximum absolute atomic E-state index is 14.2. The van der Waals surface area contributed by atoms with Crippen LogP contribution in [0.3, 0.4) is 0 Å². The molecule has 6 heterocycles. The van der Waals surface area contributed by atoms with E-state index in [0.717, 1.165) is 66.3 Å². The molecule has 4 aliphatic rings. The Labute approximate surface area is 256 Å². The standard InChI is InChI=1S/C32H39N9O3/c42-29(41-14-12-40(13-15-41)28-2-1-8-34-28)21-39-11-7-32(23-39,22-38-16-18-44-19-17-38)31(43)35-25-3-4-27-26(20-25)30(37-36-27)24-5-9-33-10-6-24/h1,3-6,8-10,20H,2,7,11-19,21-23H2,(H,35,43)(H,36,37). The summed E-state index contributed by atoms with van der Waals surface area (Å²) >= 11 is 0. The normalized spacial score (nSPS) is 23.0. The smallest absolute Gasteiger partial charge is 0.236 e. The molecule has 44 heavy (non-hydrogen) atoms. The van der Waals surface area contributed by atoms with Gasteiger partial charge in [-0.25, -0.2) is 4.99 Å². The van der Waals surface area contributed by atoms with Gasteiger partial charge in [0.25, 0.3) is 0 Å². The Morgan fingerprint density at radius 2 is 1.80 bits per heavy atom. The second-order valence-electron chi connectivity index (χ2n) is 12.2. The highest BCUT2D eigenvalue weighted by Crippen LogP contribution is 2.35. The Kier molecular flexibility index (Phi) is 8.11. The fourth-order valence-electron chi connectivity index (χ4n) is 6.82. The number of piperazine rings is 1. The molecule has 0 spiro atoms. The van der Waals surface area contributed by atoms with Gasteiger partial charge in [-0.05, 0) is 43.3 Å². The summed E-state index contributed by atoms with van der Waals surface area (Å²) in [6, 6.07) is 9.70. The van der Waals surface area contributed by atoms with Crippen LogP contribution in [0.5, 0.6) is 0 Å². The van der Waals surface area contributed by atoms with Crippen molar-refractivity contribution in [2.75, 3.05) is 84.0 Å². The third-order valence-corrected chi connectivity index (χ3v) is 9.30. The van der Waals surface area contributed by atoms with E-state index < -0.39 is 5.41 Å². The molecule has 1 aromatic carbocycles. The Morgan fingerprint density at radius 3 is 2.57 bits per heavy atom. The van der Waals surface area contributed by atoms with Crippen LogP contribution in [0.2, 0.25) is 0 Å². The molecule has 2 N–H and O–H groups in total. The van der Waals surface area contributed by atoms with Gasteiger partial charge < -0.3 is 19.9 Å². The van der Waals surface area contributed by atoms with Crippen LogP contribution in [0, 0.1) is 5.41 Å². The van der Waals surface area contributed by atoms with Gasteiger partial charge in [0, 0.05) is 94.0 Å². The summed E-state index contributed by atoms with van der Waals surface area (Å²) in [6.45, 7) is 8.16. The minimum Gasteiger partial charge on any atom is -0.379 e. The Balaban J connectivity index is 1.04. The van der Waals surface area contributed by atoms with Gasteiger partial charge in [0.1, 0.15) is 11.5 Å². The second kappa shape index (κ2) is 12.5. The number of amidine groups is 1. The summed E-state index contributed by atoms with van der Waals surface area (Å²) in [4.78, 5) is 44.9. The molecule has 0 radical (unpaired) electrons. The van der Waals surface area contributed by atoms with Gasteiger partial charge in [0.15, 0.2) is 0 Å². The largest absolute Gasteiger partial charge is 0.379 e. The zero-order valence-electron chi connectivity index (χ0n) is 25.0. The highest BCUT2D eigenvalue weighted by molar-refractivity contribution is 6.00. The van der Waals surface area contributed by atoms with Gasteiger partial charge in [0.2, 0.25) is 11.8 Å². The van der Waals surface area contributed by atoms with E-state index in [2.05, 4.69) is 46.3 Å². The van der Waals surface area contributed by atoms with Crippen molar-refractivity contribution in [3.63, 3.8) is 0 Å². The molecule has 1 atom stereocenters. The number of morpholine rings is 1. The van der Waals surface area contributed by atoms with Crippen molar-refractivity contribution in [3.05, 3.63) is 55.0 Å². The number of nitrogens with zero attached hydrogens (tertiary/aromatic N) is 7. The van der Waals surface area contributed by atoms with E-state index in [1.54, 1.807) is 12.4 Å².